The van der Waals surface area contributed by atoms with E-state index >= 15 is 0 Å². The van der Waals surface area contributed by atoms with E-state index in [9.17, 15) is 5.11 Å². The number of rotatable bonds is 1. The Labute approximate surface area is 39.4 Å². The van der Waals surface area contributed by atoms with Crippen LogP contribution < -0.4 is 0 Å². The minimum Gasteiger partial charge on any atom is -0.216 e. The molecule has 0 aliphatic heterocycles. The monoisotopic (exact) mass is 135 g/mol. The summed E-state index contributed by atoms with van der Waals surface area (Å²) in [6, 6.07) is 0. The molecule has 0 saturated heterocycles. The molecule has 1 atom stereocenters. The van der Waals surface area contributed by atoms with Gasteiger partial charge >= 0.3 is 0 Å². The second-order valence-corrected chi connectivity index (χ2v) is 1.49. The zero-order valence-corrected chi connectivity index (χ0v) is 4.23. The molecule has 0 heterocycles. The van der Waals surface area contributed by atoms with E-state index in [2.05, 4.69) is 22.5 Å². The third-order valence-electron chi connectivity index (χ3n) is 0.185. The predicted octanol–water partition coefficient (Wildman–Crippen LogP) is 1.32. The van der Waals surface area contributed by atoms with Crippen LogP contribution in [0.3, 0.4) is 0 Å². The van der Waals surface area contributed by atoms with Gasteiger partial charge in [-0.15, -0.1) is 0 Å². The summed E-state index contributed by atoms with van der Waals surface area (Å²) in [5.41, 5.74) is 0. The lowest BCUT2D eigenvalue weighted by Gasteiger charge is -1.77. The Morgan fingerprint density at radius 3 is 2.20 bits per heavy atom. The van der Waals surface area contributed by atoms with E-state index in [0.29, 0.717) is 0 Å². The average Bonchev–Trinajstić information content (AvgIpc) is 1.38. The molecule has 0 rings (SSSR count). The largest absolute Gasteiger partial charge is 0.216 e. The van der Waals surface area contributed by atoms with E-state index in [1.165, 1.54) is 6.08 Å². The maximum Gasteiger partial charge on any atom is 0.165 e. The first-order valence-corrected chi connectivity index (χ1v) is 2.11. The number of hydrogen-bond acceptors (Lipinski definition) is 0. The molecule has 0 aromatic carbocycles. The van der Waals surface area contributed by atoms with Gasteiger partial charge in [-0.1, -0.05) is 6.58 Å². The quantitative estimate of drug-likeness (QED) is 0.382. The topological polar surface area (TPSA) is 19.9 Å². The van der Waals surface area contributed by atoms with Crippen molar-refractivity contribution in [2.75, 3.05) is 0 Å². The van der Waals surface area contributed by atoms with Crippen molar-refractivity contribution in [3.63, 3.8) is 0 Å². The van der Waals surface area contributed by atoms with Crippen LogP contribution in [0.4, 0.5) is 0 Å². The van der Waals surface area contributed by atoms with E-state index in [4.69, 9.17) is 0 Å². The number of halogens is 1. The zero-order chi connectivity index (χ0) is 4.28. The van der Waals surface area contributed by atoms with Crippen molar-refractivity contribution in [2.24, 2.45) is 0 Å². The van der Waals surface area contributed by atoms with Gasteiger partial charge in [0, 0.05) is 0 Å². The molecule has 0 bridgehead atoms. The summed E-state index contributed by atoms with van der Waals surface area (Å²) in [5, 5.41) is 8.91. The van der Waals surface area contributed by atoms with Gasteiger partial charge in [-0.3, -0.25) is 0 Å². The molecule has 2 heteroatoms. The lowest BCUT2D eigenvalue weighted by molar-refractivity contribution is 0.209. The molecular weight excluding hydrogens is 132 g/mol. The molecule has 0 aliphatic carbocycles. The van der Waals surface area contributed by atoms with Gasteiger partial charge in [-0.2, -0.15) is 0 Å². The molecule has 1 unspecified atom stereocenters. The van der Waals surface area contributed by atoms with E-state index in [1.54, 1.807) is 0 Å². The first-order chi connectivity index (χ1) is 2.27. The normalized spacial score (nSPS) is 14.0. The van der Waals surface area contributed by atoms with Crippen molar-refractivity contribution in [2.45, 2.75) is 5.01 Å². The Bertz CT molecular complexity index is 33.9. The van der Waals surface area contributed by atoms with E-state index in [0.717, 1.165) is 0 Å². The first kappa shape index (κ1) is 5.18. The summed E-state index contributed by atoms with van der Waals surface area (Å²) < 4.78 is 0. The smallest absolute Gasteiger partial charge is 0.165 e. The van der Waals surface area contributed by atoms with Crippen LogP contribution in [0.1, 0.15) is 0 Å². The Balaban J connectivity index is 2.83. The van der Waals surface area contributed by atoms with Crippen molar-refractivity contribution in [3.8, 4) is 0 Å². The number of alkyl halides is 1. The molecule has 0 aromatic heterocycles. The molecule has 0 aromatic rings. The first-order valence-electron chi connectivity index (χ1n) is 1.20. The highest BCUT2D eigenvalue weighted by Gasteiger charge is 1.82. The minimum atomic E-state index is -0.789. The summed E-state index contributed by atoms with van der Waals surface area (Å²) in [6.45, 7) is 3.20. The maximum absolute atomic E-state index is 9.69. The van der Waals surface area contributed by atoms with E-state index in [-0.39, 0.29) is 0 Å². The lowest BCUT2D eigenvalue weighted by Crippen LogP contribution is -1.78. The molecule has 5 heavy (non-hydrogen) atoms. The lowest BCUT2D eigenvalue weighted by atomic mass is 10.7. The Hall–Kier alpha value is 0.180. The number of hydrogen-bond donors (Lipinski definition) is 0. The fraction of sp³-hybridized carbons (Fsp3) is 0.333. The van der Waals surface area contributed by atoms with Crippen molar-refractivity contribution < 1.29 is 5.11 Å². The molecule has 0 N–H and O–H groups in total. The molecule has 0 amide bonds. The van der Waals surface area contributed by atoms with Crippen LogP contribution in [0.25, 0.3) is 0 Å². The summed E-state index contributed by atoms with van der Waals surface area (Å²) in [4.78, 5) is 0. The SMILES string of the molecule is C=CC([O])Br. The van der Waals surface area contributed by atoms with Gasteiger partial charge in [0.25, 0.3) is 0 Å². The van der Waals surface area contributed by atoms with Gasteiger partial charge in [0.2, 0.25) is 0 Å². The molecule has 1 radical (unpaired) electrons. The highest BCUT2D eigenvalue weighted by molar-refractivity contribution is 9.09. The van der Waals surface area contributed by atoms with Gasteiger partial charge in [0.15, 0.2) is 5.01 Å². The fourth-order valence-corrected chi connectivity index (χ4v) is 0. The van der Waals surface area contributed by atoms with Crippen LogP contribution in [-0.2, 0) is 5.11 Å². The molecule has 0 spiro atoms. The van der Waals surface area contributed by atoms with Crippen LogP contribution in [0.2, 0.25) is 0 Å². The summed E-state index contributed by atoms with van der Waals surface area (Å²) >= 11 is 2.70. The molecule has 29 valence electrons. The van der Waals surface area contributed by atoms with Crippen LogP contribution in [0.15, 0.2) is 12.7 Å². The predicted molar refractivity (Wildman–Crippen MR) is 23.6 cm³/mol. The summed E-state index contributed by atoms with van der Waals surface area (Å²) in [5.74, 6) is 0. The average molecular weight is 136 g/mol. The van der Waals surface area contributed by atoms with E-state index in [1.807, 2.05) is 0 Å². The van der Waals surface area contributed by atoms with E-state index < -0.39 is 5.01 Å². The fourth-order valence-electron chi connectivity index (χ4n) is 0. The van der Waals surface area contributed by atoms with Crippen molar-refractivity contribution in [3.05, 3.63) is 12.7 Å². The van der Waals surface area contributed by atoms with Crippen molar-refractivity contribution >= 4 is 15.9 Å². The second-order valence-electron chi connectivity index (χ2n) is 0.587. The third kappa shape index (κ3) is 4.18. The molecule has 0 fully saturated rings. The van der Waals surface area contributed by atoms with Crippen LogP contribution >= 0.6 is 15.9 Å². The highest BCUT2D eigenvalue weighted by Crippen LogP contribution is 1.91. The summed E-state index contributed by atoms with van der Waals surface area (Å²) in [6.07, 6.45) is 1.28. The van der Waals surface area contributed by atoms with Gasteiger partial charge in [0.1, 0.15) is 0 Å². The Morgan fingerprint density at radius 1 is 2.00 bits per heavy atom. The Kier molecular flexibility index (Phi) is 2.51. The molecule has 0 saturated carbocycles. The molecule has 1 nitrogen and oxygen atoms in total. The second kappa shape index (κ2) is 2.42. The van der Waals surface area contributed by atoms with Gasteiger partial charge in [-0.25, -0.2) is 5.11 Å². The zero-order valence-electron chi connectivity index (χ0n) is 2.65. The van der Waals surface area contributed by atoms with Crippen LogP contribution in [0.5, 0.6) is 0 Å². The van der Waals surface area contributed by atoms with Crippen LogP contribution in [-0.4, -0.2) is 5.01 Å². The third-order valence-corrected chi connectivity index (χ3v) is 0.559. The minimum absolute atomic E-state index is 0.789. The standard InChI is InChI=1S/C3H4BrO/c1-2-3(4)5/h2-3H,1H2. The maximum atomic E-state index is 9.69. The Morgan fingerprint density at radius 2 is 2.20 bits per heavy atom. The van der Waals surface area contributed by atoms with Gasteiger partial charge < -0.3 is 0 Å². The van der Waals surface area contributed by atoms with Crippen LogP contribution in [0, 0.1) is 0 Å². The van der Waals surface area contributed by atoms with Gasteiger partial charge in [-0.05, 0) is 22.0 Å². The van der Waals surface area contributed by atoms with Gasteiger partial charge in [0.05, 0.1) is 0 Å². The molecule has 0 aliphatic rings. The summed E-state index contributed by atoms with van der Waals surface area (Å²) in [7, 11) is 0. The van der Waals surface area contributed by atoms with Crippen molar-refractivity contribution in [1.82, 2.24) is 0 Å². The molecular formula is C3H4BrO. The highest BCUT2D eigenvalue weighted by atomic mass is 79.9. The van der Waals surface area contributed by atoms with Crippen molar-refractivity contribution in [1.29, 1.82) is 0 Å².